The normalized spacial score (nSPS) is 11.4. The van der Waals surface area contributed by atoms with Gasteiger partial charge in [0.05, 0.1) is 9.82 Å². The highest BCUT2D eigenvalue weighted by Crippen LogP contribution is 2.17. The van der Waals surface area contributed by atoms with E-state index in [2.05, 4.69) is 5.32 Å². The topological polar surface area (TPSA) is 110 Å². The summed E-state index contributed by atoms with van der Waals surface area (Å²) in [6.07, 6.45) is 1.99. The van der Waals surface area contributed by atoms with Crippen LogP contribution in [0.15, 0.2) is 53.4 Å². The van der Waals surface area contributed by atoms with Crippen LogP contribution in [0.4, 0.5) is 5.69 Å². The molecule has 0 spiro atoms. The van der Waals surface area contributed by atoms with Gasteiger partial charge in [0.2, 0.25) is 10.0 Å². The van der Waals surface area contributed by atoms with Gasteiger partial charge in [-0.3, -0.25) is 14.9 Å². The Labute approximate surface area is 177 Å². The van der Waals surface area contributed by atoms with Crippen molar-refractivity contribution in [3.05, 3.63) is 69.8 Å². The first kappa shape index (κ1) is 23.5. The van der Waals surface area contributed by atoms with E-state index in [1.807, 2.05) is 13.8 Å². The van der Waals surface area contributed by atoms with Crippen molar-refractivity contribution in [1.82, 2.24) is 9.62 Å². The molecule has 0 aliphatic carbocycles. The zero-order valence-corrected chi connectivity index (χ0v) is 18.0. The molecule has 0 saturated heterocycles. The van der Waals surface area contributed by atoms with Crippen molar-refractivity contribution in [1.29, 1.82) is 0 Å². The van der Waals surface area contributed by atoms with Crippen molar-refractivity contribution in [2.24, 2.45) is 0 Å². The van der Waals surface area contributed by atoms with Crippen LogP contribution in [0.1, 0.15) is 42.6 Å². The highest BCUT2D eigenvalue weighted by atomic mass is 32.2. The van der Waals surface area contributed by atoms with E-state index in [1.165, 1.54) is 40.7 Å². The Kier molecular flexibility index (Phi) is 8.49. The van der Waals surface area contributed by atoms with Gasteiger partial charge in [-0.05, 0) is 49.1 Å². The number of rotatable bonds is 11. The first-order chi connectivity index (χ1) is 14.3. The van der Waals surface area contributed by atoms with Gasteiger partial charge in [0, 0.05) is 37.3 Å². The summed E-state index contributed by atoms with van der Waals surface area (Å²) in [4.78, 5) is 22.7. The van der Waals surface area contributed by atoms with Crippen LogP contribution in [0, 0.1) is 10.1 Å². The monoisotopic (exact) mass is 433 g/mol. The Morgan fingerprint density at radius 1 is 1.00 bits per heavy atom. The van der Waals surface area contributed by atoms with Gasteiger partial charge in [-0.1, -0.05) is 26.0 Å². The van der Waals surface area contributed by atoms with Crippen LogP contribution in [0.3, 0.4) is 0 Å². The van der Waals surface area contributed by atoms with E-state index in [9.17, 15) is 23.3 Å². The lowest BCUT2D eigenvalue weighted by molar-refractivity contribution is -0.384. The fourth-order valence-electron chi connectivity index (χ4n) is 2.99. The Hall–Kier alpha value is -2.78. The maximum absolute atomic E-state index is 12.8. The largest absolute Gasteiger partial charge is 0.352 e. The summed E-state index contributed by atoms with van der Waals surface area (Å²) < 4.78 is 27.0. The molecule has 30 heavy (non-hydrogen) atoms. The molecule has 0 aliphatic rings. The number of hydrogen-bond acceptors (Lipinski definition) is 5. The van der Waals surface area contributed by atoms with Gasteiger partial charge in [0.15, 0.2) is 0 Å². The van der Waals surface area contributed by atoms with E-state index in [4.69, 9.17) is 0 Å². The fourth-order valence-corrected chi connectivity index (χ4v) is 4.61. The molecule has 0 atom stereocenters. The van der Waals surface area contributed by atoms with E-state index in [1.54, 1.807) is 12.1 Å². The molecule has 8 nitrogen and oxygen atoms in total. The summed E-state index contributed by atoms with van der Waals surface area (Å²) in [5.74, 6) is -0.306. The molecule has 2 aromatic carbocycles. The van der Waals surface area contributed by atoms with Gasteiger partial charge in [0.1, 0.15) is 0 Å². The second-order valence-corrected chi connectivity index (χ2v) is 8.80. The molecule has 0 saturated carbocycles. The highest BCUT2D eigenvalue weighted by Gasteiger charge is 2.23. The molecular formula is C21H27N3O5S. The third-order valence-electron chi connectivity index (χ3n) is 4.55. The SMILES string of the molecule is CCCN(CCC)S(=O)(=O)c1ccc(C(=O)NCCc2ccc([N+](=O)[O-])cc2)cc1. The van der Waals surface area contributed by atoms with Crippen molar-refractivity contribution >= 4 is 21.6 Å². The second-order valence-electron chi connectivity index (χ2n) is 6.86. The lowest BCUT2D eigenvalue weighted by Crippen LogP contribution is -2.32. The maximum Gasteiger partial charge on any atom is 0.269 e. The molecule has 1 N–H and O–H groups in total. The van der Waals surface area contributed by atoms with Gasteiger partial charge < -0.3 is 5.32 Å². The van der Waals surface area contributed by atoms with Crippen LogP contribution in [0.25, 0.3) is 0 Å². The zero-order valence-electron chi connectivity index (χ0n) is 17.2. The first-order valence-corrected chi connectivity index (χ1v) is 11.3. The molecule has 0 fully saturated rings. The van der Waals surface area contributed by atoms with Gasteiger partial charge in [-0.15, -0.1) is 0 Å². The standard InChI is InChI=1S/C21H27N3O5S/c1-3-15-23(16-4-2)30(28,29)20-11-7-18(8-12-20)21(25)22-14-13-17-5-9-19(10-6-17)24(26)27/h5-12H,3-4,13-16H2,1-2H3,(H,22,25). The molecule has 0 aliphatic heterocycles. The molecule has 0 aromatic heterocycles. The number of nitrogens with one attached hydrogen (secondary N) is 1. The molecule has 0 heterocycles. The van der Waals surface area contributed by atoms with Gasteiger partial charge in [-0.25, -0.2) is 8.42 Å². The smallest absolute Gasteiger partial charge is 0.269 e. The van der Waals surface area contributed by atoms with Crippen LogP contribution >= 0.6 is 0 Å². The van der Waals surface area contributed by atoms with Crippen LogP contribution < -0.4 is 5.32 Å². The molecule has 162 valence electrons. The third kappa shape index (κ3) is 6.11. The number of carbonyl (C=O) groups is 1. The Morgan fingerprint density at radius 3 is 2.07 bits per heavy atom. The number of nitrogens with zero attached hydrogens (tertiary/aromatic N) is 2. The summed E-state index contributed by atoms with van der Waals surface area (Å²) >= 11 is 0. The Balaban J connectivity index is 1.96. The van der Waals surface area contributed by atoms with Gasteiger partial charge in [0.25, 0.3) is 11.6 Å². The number of hydrogen-bond donors (Lipinski definition) is 1. The van der Waals surface area contributed by atoms with Crippen molar-refractivity contribution in [2.75, 3.05) is 19.6 Å². The van der Waals surface area contributed by atoms with Gasteiger partial charge in [-0.2, -0.15) is 4.31 Å². The zero-order chi connectivity index (χ0) is 22.1. The van der Waals surface area contributed by atoms with E-state index in [-0.39, 0.29) is 16.5 Å². The number of nitro benzene ring substituents is 1. The number of nitro groups is 1. The van der Waals surface area contributed by atoms with E-state index in [0.29, 0.717) is 31.6 Å². The van der Waals surface area contributed by atoms with Gasteiger partial charge >= 0.3 is 0 Å². The summed E-state index contributed by atoms with van der Waals surface area (Å²) in [6.45, 7) is 5.14. The van der Waals surface area contributed by atoms with Crippen molar-refractivity contribution in [3.63, 3.8) is 0 Å². The summed E-state index contributed by atoms with van der Waals surface area (Å²) in [6, 6.07) is 12.1. The van der Waals surface area contributed by atoms with Crippen LogP contribution in [0.2, 0.25) is 0 Å². The lowest BCUT2D eigenvalue weighted by Gasteiger charge is -2.21. The predicted molar refractivity (Wildman–Crippen MR) is 115 cm³/mol. The molecule has 2 aromatic rings. The van der Waals surface area contributed by atoms with Crippen LogP contribution in [-0.2, 0) is 16.4 Å². The summed E-state index contributed by atoms with van der Waals surface area (Å²) in [5, 5.41) is 13.4. The van der Waals surface area contributed by atoms with Crippen molar-refractivity contribution in [3.8, 4) is 0 Å². The number of amides is 1. The van der Waals surface area contributed by atoms with Crippen LogP contribution in [0.5, 0.6) is 0 Å². The molecule has 2 rings (SSSR count). The minimum atomic E-state index is -3.58. The average Bonchev–Trinajstić information content (AvgIpc) is 2.74. The first-order valence-electron chi connectivity index (χ1n) is 9.91. The summed E-state index contributed by atoms with van der Waals surface area (Å²) in [7, 11) is -3.58. The minimum Gasteiger partial charge on any atom is -0.352 e. The van der Waals surface area contributed by atoms with Crippen molar-refractivity contribution in [2.45, 2.75) is 38.0 Å². The Bertz CT molecular complexity index is 951. The number of carbonyl (C=O) groups excluding carboxylic acids is 1. The molecule has 0 radical (unpaired) electrons. The molecule has 9 heteroatoms. The third-order valence-corrected chi connectivity index (χ3v) is 6.46. The molecule has 0 unspecified atom stereocenters. The lowest BCUT2D eigenvalue weighted by atomic mass is 10.1. The van der Waals surface area contributed by atoms with E-state index >= 15 is 0 Å². The molecular weight excluding hydrogens is 406 g/mol. The maximum atomic E-state index is 12.8. The highest BCUT2D eigenvalue weighted by molar-refractivity contribution is 7.89. The number of non-ortho nitro benzene ring substituents is 1. The molecule has 1 amide bonds. The number of benzene rings is 2. The summed E-state index contributed by atoms with van der Waals surface area (Å²) in [5.41, 5.74) is 1.26. The predicted octanol–water partition coefficient (Wildman–Crippen LogP) is 3.38. The van der Waals surface area contributed by atoms with E-state index in [0.717, 1.165) is 18.4 Å². The Morgan fingerprint density at radius 2 is 1.57 bits per heavy atom. The minimum absolute atomic E-state index is 0.0225. The quantitative estimate of drug-likeness (QED) is 0.431. The fraction of sp³-hybridized carbons (Fsp3) is 0.381. The molecule has 0 bridgehead atoms. The van der Waals surface area contributed by atoms with E-state index < -0.39 is 14.9 Å². The number of sulfonamides is 1. The van der Waals surface area contributed by atoms with Crippen molar-refractivity contribution < 1.29 is 18.1 Å². The average molecular weight is 434 g/mol. The van der Waals surface area contributed by atoms with Crippen LogP contribution in [-0.4, -0.2) is 43.2 Å². The second kappa shape index (κ2) is 10.8.